The number of aromatic nitrogens is 2. The van der Waals surface area contributed by atoms with Crippen LogP contribution in [0, 0.1) is 0 Å². The number of carbonyl (C=O) groups is 1. The minimum absolute atomic E-state index is 0.454. The van der Waals surface area contributed by atoms with Gasteiger partial charge in [0.25, 0.3) is 5.91 Å². The number of rotatable bonds is 1. The first kappa shape index (κ1) is 8.25. The molecule has 0 saturated carbocycles. The lowest BCUT2D eigenvalue weighted by Crippen LogP contribution is -2.11. The normalized spacial score (nSPS) is 10.5. The Morgan fingerprint density at radius 2 is 2.31 bits per heavy atom. The van der Waals surface area contributed by atoms with Crippen LogP contribution in [0.3, 0.4) is 0 Å². The van der Waals surface area contributed by atoms with Gasteiger partial charge in [-0.05, 0) is 12.1 Å². The molecule has 0 bridgehead atoms. The highest BCUT2D eigenvalue weighted by molar-refractivity contribution is 9.10. The van der Waals surface area contributed by atoms with Crippen LogP contribution in [0.15, 0.2) is 22.8 Å². The Morgan fingerprint density at radius 1 is 1.54 bits per heavy atom. The molecule has 5 heteroatoms. The molecular formula is C8H6BrN3O. The van der Waals surface area contributed by atoms with Crippen LogP contribution in [-0.4, -0.2) is 16.1 Å². The quantitative estimate of drug-likeness (QED) is 0.791. The van der Waals surface area contributed by atoms with E-state index < -0.39 is 5.91 Å². The largest absolute Gasteiger partial charge is 0.366 e. The summed E-state index contributed by atoms with van der Waals surface area (Å²) in [5.41, 5.74) is 6.31. The first-order chi connectivity index (χ1) is 6.20. The van der Waals surface area contributed by atoms with Crippen molar-refractivity contribution >= 4 is 32.7 Å². The van der Waals surface area contributed by atoms with Crippen LogP contribution in [0.5, 0.6) is 0 Å². The highest BCUT2D eigenvalue weighted by Crippen LogP contribution is 2.24. The lowest BCUT2D eigenvalue weighted by Gasteiger charge is -1.98. The number of carbonyl (C=O) groups excluding carboxylic acids is 1. The zero-order valence-electron chi connectivity index (χ0n) is 6.54. The molecule has 0 unspecified atom stereocenters. The summed E-state index contributed by atoms with van der Waals surface area (Å²) in [6, 6.07) is 3.44. The molecule has 1 aromatic heterocycles. The molecule has 3 N–H and O–H groups in total. The molecule has 0 aliphatic carbocycles. The molecular weight excluding hydrogens is 234 g/mol. The van der Waals surface area contributed by atoms with Gasteiger partial charge in [0.05, 0.1) is 17.3 Å². The number of hydrogen-bond acceptors (Lipinski definition) is 2. The summed E-state index contributed by atoms with van der Waals surface area (Å²) < 4.78 is 0.890. The molecule has 1 amide bonds. The van der Waals surface area contributed by atoms with Gasteiger partial charge in [-0.1, -0.05) is 15.9 Å². The number of amides is 1. The van der Waals surface area contributed by atoms with E-state index in [0.29, 0.717) is 11.1 Å². The summed E-state index contributed by atoms with van der Waals surface area (Å²) in [7, 11) is 0. The first-order valence-electron chi connectivity index (χ1n) is 3.61. The van der Waals surface area contributed by atoms with Crippen molar-refractivity contribution in [2.24, 2.45) is 5.73 Å². The van der Waals surface area contributed by atoms with Gasteiger partial charge in [-0.25, -0.2) is 0 Å². The second-order valence-corrected chi connectivity index (χ2v) is 3.47. The molecule has 1 aromatic carbocycles. The SMILES string of the molecule is NC(=O)c1ccc(Br)c2cn[nH]c12. The van der Waals surface area contributed by atoms with Crippen LogP contribution in [0.4, 0.5) is 0 Å². The van der Waals surface area contributed by atoms with Crippen LogP contribution in [-0.2, 0) is 0 Å². The molecule has 0 saturated heterocycles. The second-order valence-electron chi connectivity index (χ2n) is 2.62. The number of nitrogens with zero attached hydrogens (tertiary/aromatic N) is 1. The van der Waals surface area contributed by atoms with Gasteiger partial charge < -0.3 is 5.73 Å². The standard InChI is InChI=1S/C8H6BrN3O/c9-6-2-1-4(8(10)13)7-5(6)3-11-12-7/h1-3H,(H2,10,13)(H,11,12). The molecule has 0 spiro atoms. The average molecular weight is 240 g/mol. The molecule has 0 radical (unpaired) electrons. The molecule has 13 heavy (non-hydrogen) atoms. The van der Waals surface area contributed by atoms with E-state index >= 15 is 0 Å². The third-order valence-electron chi connectivity index (χ3n) is 1.83. The second kappa shape index (κ2) is 2.85. The van der Waals surface area contributed by atoms with Crippen molar-refractivity contribution in [1.29, 1.82) is 0 Å². The molecule has 2 aromatic rings. The van der Waals surface area contributed by atoms with Crippen LogP contribution < -0.4 is 5.73 Å². The van der Waals surface area contributed by atoms with Crippen molar-refractivity contribution in [1.82, 2.24) is 10.2 Å². The van der Waals surface area contributed by atoms with Crippen molar-refractivity contribution in [3.05, 3.63) is 28.4 Å². The number of H-pyrrole nitrogens is 1. The summed E-state index contributed by atoms with van der Waals surface area (Å²) in [5, 5.41) is 7.43. The topological polar surface area (TPSA) is 71.8 Å². The van der Waals surface area contributed by atoms with Gasteiger partial charge >= 0.3 is 0 Å². The zero-order valence-corrected chi connectivity index (χ0v) is 8.13. The van der Waals surface area contributed by atoms with E-state index in [1.54, 1.807) is 18.3 Å². The van der Waals surface area contributed by atoms with Crippen molar-refractivity contribution in [3.8, 4) is 0 Å². The molecule has 0 atom stereocenters. The molecule has 1 heterocycles. The first-order valence-corrected chi connectivity index (χ1v) is 4.41. The highest BCUT2D eigenvalue weighted by atomic mass is 79.9. The Bertz CT molecular complexity index is 477. The van der Waals surface area contributed by atoms with Crippen LogP contribution in [0.25, 0.3) is 10.9 Å². The maximum atomic E-state index is 11.0. The fourth-order valence-corrected chi connectivity index (χ4v) is 1.64. The Balaban J connectivity index is 2.86. The summed E-state index contributed by atoms with van der Waals surface area (Å²) in [4.78, 5) is 11.0. The number of benzene rings is 1. The monoisotopic (exact) mass is 239 g/mol. The van der Waals surface area contributed by atoms with Gasteiger partial charge in [0.2, 0.25) is 0 Å². The minimum Gasteiger partial charge on any atom is -0.366 e. The number of halogens is 1. The molecule has 0 aliphatic rings. The molecule has 66 valence electrons. The fraction of sp³-hybridized carbons (Fsp3) is 0. The zero-order chi connectivity index (χ0) is 9.42. The lowest BCUT2D eigenvalue weighted by molar-refractivity contribution is 0.100. The van der Waals surface area contributed by atoms with Crippen molar-refractivity contribution in [2.45, 2.75) is 0 Å². The smallest absolute Gasteiger partial charge is 0.250 e. The van der Waals surface area contributed by atoms with Crippen LogP contribution in [0.2, 0.25) is 0 Å². The molecule has 0 fully saturated rings. The number of aromatic amines is 1. The summed E-state index contributed by atoms with van der Waals surface area (Å²) >= 11 is 3.35. The van der Waals surface area contributed by atoms with Crippen molar-refractivity contribution in [3.63, 3.8) is 0 Å². The fourth-order valence-electron chi connectivity index (χ4n) is 1.21. The summed E-state index contributed by atoms with van der Waals surface area (Å²) in [6.07, 6.45) is 1.64. The van der Waals surface area contributed by atoms with Gasteiger partial charge in [-0.2, -0.15) is 5.10 Å². The van der Waals surface area contributed by atoms with Gasteiger partial charge in [0.1, 0.15) is 0 Å². The summed E-state index contributed by atoms with van der Waals surface area (Å²) in [6.45, 7) is 0. The maximum Gasteiger partial charge on any atom is 0.250 e. The van der Waals surface area contributed by atoms with Gasteiger partial charge in [-0.15, -0.1) is 0 Å². The highest BCUT2D eigenvalue weighted by Gasteiger charge is 2.09. The molecule has 0 aliphatic heterocycles. The molecule has 2 rings (SSSR count). The maximum absolute atomic E-state index is 11.0. The third kappa shape index (κ3) is 1.21. The number of nitrogens with one attached hydrogen (secondary N) is 1. The van der Waals surface area contributed by atoms with Crippen molar-refractivity contribution < 1.29 is 4.79 Å². The predicted octanol–water partition coefficient (Wildman–Crippen LogP) is 1.42. The van der Waals surface area contributed by atoms with Gasteiger partial charge in [-0.3, -0.25) is 9.89 Å². The summed E-state index contributed by atoms with van der Waals surface area (Å²) in [5.74, 6) is -0.457. The van der Waals surface area contributed by atoms with Gasteiger partial charge in [0.15, 0.2) is 0 Å². The Hall–Kier alpha value is -1.36. The van der Waals surface area contributed by atoms with E-state index in [9.17, 15) is 4.79 Å². The van der Waals surface area contributed by atoms with Gasteiger partial charge in [0, 0.05) is 9.86 Å². The van der Waals surface area contributed by atoms with E-state index in [1.165, 1.54) is 0 Å². The molecule has 4 nitrogen and oxygen atoms in total. The number of fused-ring (bicyclic) bond motifs is 1. The number of primary amides is 1. The predicted molar refractivity (Wildman–Crippen MR) is 52.3 cm³/mol. The van der Waals surface area contributed by atoms with E-state index in [4.69, 9.17) is 5.73 Å². The Labute approximate surface area is 82.2 Å². The Kier molecular flexibility index (Phi) is 1.81. The van der Waals surface area contributed by atoms with E-state index in [2.05, 4.69) is 26.1 Å². The number of nitrogens with two attached hydrogens (primary N) is 1. The van der Waals surface area contributed by atoms with Crippen LogP contribution >= 0.6 is 15.9 Å². The lowest BCUT2D eigenvalue weighted by atomic mass is 10.1. The van der Waals surface area contributed by atoms with Crippen LogP contribution in [0.1, 0.15) is 10.4 Å². The number of hydrogen-bond donors (Lipinski definition) is 2. The van der Waals surface area contributed by atoms with E-state index in [0.717, 1.165) is 9.86 Å². The van der Waals surface area contributed by atoms with E-state index in [1.807, 2.05) is 0 Å². The Morgan fingerprint density at radius 3 is 3.00 bits per heavy atom. The third-order valence-corrected chi connectivity index (χ3v) is 2.52. The van der Waals surface area contributed by atoms with E-state index in [-0.39, 0.29) is 0 Å². The minimum atomic E-state index is -0.457. The average Bonchev–Trinajstić information content (AvgIpc) is 2.53. The van der Waals surface area contributed by atoms with Crippen molar-refractivity contribution in [2.75, 3.05) is 0 Å².